The quantitative estimate of drug-likeness (QED) is 0.776. The largest absolute Gasteiger partial charge is 0.466 e. The highest BCUT2D eigenvalue weighted by atomic mass is 32.2. The Labute approximate surface area is 117 Å². The number of fused-ring (bicyclic) bond motifs is 1. The van der Waals surface area contributed by atoms with Gasteiger partial charge in [-0.2, -0.15) is 4.31 Å². The number of nitrogens with zero attached hydrogens (tertiary/aromatic N) is 1. The van der Waals surface area contributed by atoms with Crippen LogP contribution < -0.4 is 0 Å². The minimum Gasteiger partial charge on any atom is -0.466 e. The zero-order chi connectivity index (χ0) is 13.9. The highest BCUT2D eigenvalue weighted by Gasteiger charge is 2.32. The molecule has 0 fully saturated rings. The first-order chi connectivity index (χ1) is 9.05. The molecular formula is C12H17NO4S2. The number of sulfonamides is 1. The van der Waals surface area contributed by atoms with Crippen LogP contribution in [0.1, 0.15) is 25.3 Å². The molecule has 0 aromatic carbocycles. The van der Waals surface area contributed by atoms with Crippen LogP contribution in [0.4, 0.5) is 0 Å². The molecule has 0 saturated carbocycles. The van der Waals surface area contributed by atoms with Crippen molar-refractivity contribution in [2.75, 3.05) is 19.7 Å². The predicted octanol–water partition coefficient (Wildman–Crippen LogP) is 1.64. The molecule has 0 radical (unpaired) electrons. The maximum absolute atomic E-state index is 12.3. The van der Waals surface area contributed by atoms with Gasteiger partial charge in [0, 0.05) is 19.5 Å². The summed E-state index contributed by atoms with van der Waals surface area (Å²) < 4.78 is 31.3. The van der Waals surface area contributed by atoms with Crippen molar-refractivity contribution in [2.45, 2.75) is 30.4 Å². The minimum atomic E-state index is -3.35. The van der Waals surface area contributed by atoms with Gasteiger partial charge in [-0.15, -0.1) is 11.3 Å². The van der Waals surface area contributed by atoms with Gasteiger partial charge >= 0.3 is 5.97 Å². The number of carbonyl (C=O) groups is 1. The summed E-state index contributed by atoms with van der Waals surface area (Å²) >= 11 is 1.26. The van der Waals surface area contributed by atoms with Crippen LogP contribution in [0.2, 0.25) is 0 Å². The first-order valence-corrected chi connectivity index (χ1v) is 8.60. The van der Waals surface area contributed by atoms with Gasteiger partial charge in [0.05, 0.1) is 6.61 Å². The number of rotatable bonds is 5. The highest BCUT2D eigenvalue weighted by Crippen LogP contribution is 2.30. The van der Waals surface area contributed by atoms with Gasteiger partial charge in [0.1, 0.15) is 4.21 Å². The molecule has 5 nitrogen and oxygen atoms in total. The average molecular weight is 303 g/mol. The Balaban J connectivity index is 1.94. The Morgan fingerprint density at radius 3 is 3.05 bits per heavy atom. The molecule has 7 heteroatoms. The monoisotopic (exact) mass is 303 g/mol. The predicted molar refractivity (Wildman–Crippen MR) is 72.6 cm³/mol. The van der Waals surface area contributed by atoms with E-state index in [0.717, 1.165) is 12.0 Å². The van der Waals surface area contributed by atoms with E-state index in [0.29, 0.717) is 30.3 Å². The summed E-state index contributed by atoms with van der Waals surface area (Å²) in [6.07, 6.45) is 1.51. The maximum atomic E-state index is 12.3. The smallest absolute Gasteiger partial charge is 0.305 e. The van der Waals surface area contributed by atoms with Gasteiger partial charge in [0.25, 0.3) is 10.0 Å². The standard InChI is InChI=1S/C12H17NO4S2/c1-2-17-11(14)4-3-7-13-8-5-10-6-9-18-12(10)19(13,15)16/h6,9H,2-5,7-8H2,1H3. The molecule has 0 atom stereocenters. The van der Waals surface area contributed by atoms with E-state index in [4.69, 9.17) is 4.74 Å². The van der Waals surface area contributed by atoms with Crippen LogP contribution >= 0.6 is 11.3 Å². The molecule has 2 rings (SSSR count). The molecule has 19 heavy (non-hydrogen) atoms. The van der Waals surface area contributed by atoms with Crippen molar-refractivity contribution in [2.24, 2.45) is 0 Å². The molecule has 1 aromatic heterocycles. The fraction of sp³-hybridized carbons (Fsp3) is 0.583. The molecule has 0 bridgehead atoms. The number of hydrogen-bond donors (Lipinski definition) is 0. The summed E-state index contributed by atoms with van der Waals surface area (Å²) in [6.45, 7) is 2.98. The van der Waals surface area contributed by atoms with Crippen LogP contribution in [-0.2, 0) is 26.0 Å². The topological polar surface area (TPSA) is 63.7 Å². The number of esters is 1. The fourth-order valence-electron chi connectivity index (χ4n) is 2.08. The number of thiophene rings is 1. The Hall–Kier alpha value is -0.920. The van der Waals surface area contributed by atoms with Crippen molar-refractivity contribution in [3.05, 3.63) is 17.0 Å². The molecular weight excluding hydrogens is 286 g/mol. The zero-order valence-electron chi connectivity index (χ0n) is 10.8. The maximum Gasteiger partial charge on any atom is 0.305 e. The van der Waals surface area contributed by atoms with Crippen molar-refractivity contribution < 1.29 is 17.9 Å². The third-order valence-corrected chi connectivity index (χ3v) is 6.45. The molecule has 0 saturated heterocycles. The SMILES string of the molecule is CCOC(=O)CCCN1CCc2ccsc2S1(=O)=O. The van der Waals surface area contributed by atoms with Gasteiger partial charge in [-0.25, -0.2) is 8.42 Å². The lowest BCUT2D eigenvalue weighted by Gasteiger charge is -2.25. The second kappa shape index (κ2) is 6.02. The van der Waals surface area contributed by atoms with E-state index in [1.165, 1.54) is 15.6 Å². The van der Waals surface area contributed by atoms with E-state index in [1.807, 2.05) is 11.4 Å². The summed E-state index contributed by atoms with van der Waals surface area (Å²) in [4.78, 5) is 11.2. The average Bonchev–Trinajstić information content (AvgIpc) is 2.82. The lowest BCUT2D eigenvalue weighted by Crippen LogP contribution is -2.37. The Bertz CT molecular complexity index is 550. The van der Waals surface area contributed by atoms with Crippen molar-refractivity contribution in [1.29, 1.82) is 0 Å². The molecule has 0 spiro atoms. The first kappa shape index (κ1) is 14.5. The second-order valence-electron chi connectivity index (χ2n) is 4.30. The first-order valence-electron chi connectivity index (χ1n) is 6.28. The number of carbonyl (C=O) groups excluding carboxylic acids is 1. The van der Waals surface area contributed by atoms with E-state index in [1.54, 1.807) is 6.92 Å². The number of ether oxygens (including phenoxy) is 1. The van der Waals surface area contributed by atoms with Gasteiger partial charge < -0.3 is 4.74 Å². The van der Waals surface area contributed by atoms with Crippen molar-refractivity contribution in [3.8, 4) is 0 Å². The Kier molecular flexibility index (Phi) is 4.59. The van der Waals surface area contributed by atoms with Crippen LogP contribution in [0.25, 0.3) is 0 Å². The molecule has 1 aliphatic rings. The van der Waals surface area contributed by atoms with Crippen molar-refractivity contribution in [1.82, 2.24) is 4.31 Å². The molecule has 1 aromatic rings. The highest BCUT2D eigenvalue weighted by molar-refractivity contribution is 7.91. The zero-order valence-corrected chi connectivity index (χ0v) is 12.4. The van der Waals surface area contributed by atoms with E-state index in [9.17, 15) is 13.2 Å². The molecule has 106 valence electrons. The van der Waals surface area contributed by atoms with Gasteiger partial charge in [-0.1, -0.05) is 0 Å². The molecule has 1 aliphatic heterocycles. The van der Waals surface area contributed by atoms with Gasteiger partial charge in [0.15, 0.2) is 0 Å². The van der Waals surface area contributed by atoms with Crippen LogP contribution in [-0.4, -0.2) is 38.4 Å². The van der Waals surface area contributed by atoms with E-state index in [-0.39, 0.29) is 12.4 Å². The van der Waals surface area contributed by atoms with Crippen LogP contribution in [0, 0.1) is 0 Å². The molecule has 0 N–H and O–H groups in total. The lowest BCUT2D eigenvalue weighted by atomic mass is 10.2. The number of hydrogen-bond acceptors (Lipinski definition) is 5. The van der Waals surface area contributed by atoms with Gasteiger partial charge in [0.2, 0.25) is 0 Å². The van der Waals surface area contributed by atoms with Crippen LogP contribution in [0.5, 0.6) is 0 Å². The molecule has 0 aliphatic carbocycles. The van der Waals surface area contributed by atoms with E-state index >= 15 is 0 Å². The summed E-state index contributed by atoms with van der Waals surface area (Å²) in [5.74, 6) is -0.270. The van der Waals surface area contributed by atoms with E-state index < -0.39 is 10.0 Å². The summed E-state index contributed by atoms with van der Waals surface area (Å²) in [5.41, 5.74) is 0.909. The Morgan fingerprint density at radius 2 is 2.32 bits per heavy atom. The molecule has 2 heterocycles. The summed E-state index contributed by atoms with van der Waals surface area (Å²) in [5, 5.41) is 1.81. The third-order valence-electron chi connectivity index (χ3n) is 3.00. The minimum absolute atomic E-state index is 0.261. The third kappa shape index (κ3) is 3.16. The summed E-state index contributed by atoms with van der Waals surface area (Å²) in [6, 6.07) is 1.87. The van der Waals surface area contributed by atoms with Crippen molar-refractivity contribution >= 4 is 27.3 Å². The second-order valence-corrected chi connectivity index (χ2v) is 7.35. The van der Waals surface area contributed by atoms with Crippen LogP contribution in [0.15, 0.2) is 15.7 Å². The molecule has 0 unspecified atom stereocenters. The van der Waals surface area contributed by atoms with Gasteiger partial charge in [-0.3, -0.25) is 4.79 Å². The van der Waals surface area contributed by atoms with Gasteiger partial charge in [-0.05, 0) is 36.8 Å². The fourth-order valence-corrected chi connectivity index (χ4v) is 5.16. The molecule has 0 amide bonds. The lowest BCUT2D eigenvalue weighted by molar-refractivity contribution is -0.143. The normalized spacial score (nSPS) is 17.9. The van der Waals surface area contributed by atoms with Crippen molar-refractivity contribution in [3.63, 3.8) is 0 Å². The summed E-state index contributed by atoms with van der Waals surface area (Å²) in [7, 11) is -3.35. The Morgan fingerprint density at radius 1 is 1.53 bits per heavy atom. The van der Waals surface area contributed by atoms with Crippen LogP contribution in [0.3, 0.4) is 0 Å². The van der Waals surface area contributed by atoms with E-state index in [2.05, 4.69) is 0 Å².